The van der Waals surface area contributed by atoms with E-state index in [2.05, 4.69) is 23.6 Å². The molecule has 2 atom stereocenters. The Morgan fingerprint density at radius 1 is 0.944 bits per heavy atom. The Kier molecular flexibility index (Phi) is 3.41. The minimum Gasteiger partial charge on any atom is -0.391 e. The molecule has 3 aliphatic rings. The highest BCUT2D eigenvalue weighted by Crippen LogP contribution is 2.38. The average Bonchev–Trinajstić information content (AvgIpc) is 3.17. The molecule has 0 aromatic rings. The summed E-state index contributed by atoms with van der Waals surface area (Å²) < 4.78 is 0. The molecule has 3 fully saturated rings. The van der Waals surface area contributed by atoms with Gasteiger partial charge in [-0.1, -0.05) is 13.8 Å². The first-order chi connectivity index (χ1) is 8.55. The van der Waals surface area contributed by atoms with Gasteiger partial charge >= 0.3 is 0 Å². The van der Waals surface area contributed by atoms with Crippen LogP contribution in [-0.2, 0) is 0 Å². The van der Waals surface area contributed by atoms with E-state index in [4.69, 9.17) is 0 Å². The van der Waals surface area contributed by atoms with Gasteiger partial charge < -0.3 is 5.11 Å². The van der Waals surface area contributed by atoms with E-state index >= 15 is 0 Å². The summed E-state index contributed by atoms with van der Waals surface area (Å²) in [4.78, 5) is 5.21. The molecule has 1 saturated heterocycles. The van der Waals surface area contributed by atoms with Crippen LogP contribution in [0.1, 0.15) is 46.0 Å². The highest BCUT2D eigenvalue weighted by molar-refractivity contribution is 4.94. The first-order valence-corrected chi connectivity index (χ1v) is 7.71. The van der Waals surface area contributed by atoms with Gasteiger partial charge in [0, 0.05) is 38.3 Å². The molecular formula is C15H28N2O. The van der Waals surface area contributed by atoms with Crippen molar-refractivity contribution in [3.05, 3.63) is 0 Å². The summed E-state index contributed by atoms with van der Waals surface area (Å²) >= 11 is 0. The number of nitrogens with zero attached hydrogens (tertiary/aromatic N) is 2. The van der Waals surface area contributed by atoms with Gasteiger partial charge in [-0.05, 0) is 37.5 Å². The van der Waals surface area contributed by atoms with E-state index in [1.54, 1.807) is 0 Å². The van der Waals surface area contributed by atoms with Crippen LogP contribution in [0.5, 0.6) is 0 Å². The highest BCUT2D eigenvalue weighted by atomic mass is 16.3. The maximum atomic E-state index is 10.3. The number of hydrogen-bond acceptors (Lipinski definition) is 3. The molecule has 1 aliphatic heterocycles. The summed E-state index contributed by atoms with van der Waals surface area (Å²) in [6.07, 6.45) is 6.06. The Morgan fingerprint density at radius 3 is 2.17 bits per heavy atom. The summed E-state index contributed by atoms with van der Waals surface area (Å²) in [7, 11) is 0. The molecule has 1 N–H and O–H groups in total. The second kappa shape index (κ2) is 4.77. The van der Waals surface area contributed by atoms with Gasteiger partial charge in [0.05, 0.1) is 6.10 Å². The zero-order chi connectivity index (χ0) is 12.8. The van der Waals surface area contributed by atoms with Crippen LogP contribution < -0.4 is 0 Å². The molecular weight excluding hydrogens is 224 g/mol. The molecule has 3 nitrogen and oxygen atoms in total. The van der Waals surface area contributed by atoms with Crippen molar-refractivity contribution in [2.75, 3.05) is 26.2 Å². The maximum absolute atomic E-state index is 10.3. The van der Waals surface area contributed by atoms with Gasteiger partial charge in [0.25, 0.3) is 0 Å². The lowest BCUT2D eigenvalue weighted by atomic mass is 9.73. The second-order valence-electron chi connectivity index (χ2n) is 7.34. The summed E-state index contributed by atoms with van der Waals surface area (Å²) in [6.45, 7) is 9.46. The van der Waals surface area contributed by atoms with Gasteiger partial charge in [0.15, 0.2) is 0 Å². The van der Waals surface area contributed by atoms with Crippen LogP contribution >= 0.6 is 0 Å². The molecule has 0 aromatic carbocycles. The largest absolute Gasteiger partial charge is 0.391 e. The van der Waals surface area contributed by atoms with Crippen LogP contribution in [-0.4, -0.2) is 59.3 Å². The van der Waals surface area contributed by atoms with E-state index in [9.17, 15) is 5.11 Å². The Morgan fingerprint density at radius 2 is 1.56 bits per heavy atom. The monoisotopic (exact) mass is 252 g/mol. The molecule has 18 heavy (non-hydrogen) atoms. The minimum atomic E-state index is -0.0921. The molecule has 0 amide bonds. The van der Waals surface area contributed by atoms with Crippen molar-refractivity contribution in [1.29, 1.82) is 0 Å². The van der Waals surface area contributed by atoms with Gasteiger partial charge in [0.2, 0.25) is 0 Å². The third kappa shape index (κ3) is 2.73. The standard InChI is InChI=1S/C15H28N2O/c1-15(2)6-5-14(18)13(11-15)17-9-7-16(8-10-17)12-3-4-12/h12-14,18H,3-11H2,1-2H3. The van der Waals surface area contributed by atoms with Gasteiger partial charge in [-0.25, -0.2) is 0 Å². The summed E-state index contributed by atoms with van der Waals surface area (Å²) in [5, 5.41) is 10.3. The predicted octanol–water partition coefficient (Wildman–Crippen LogP) is 1.71. The molecule has 0 bridgehead atoms. The molecule has 2 saturated carbocycles. The summed E-state index contributed by atoms with van der Waals surface area (Å²) in [5.74, 6) is 0. The van der Waals surface area contributed by atoms with Gasteiger partial charge in [-0.15, -0.1) is 0 Å². The highest BCUT2D eigenvalue weighted by Gasteiger charge is 2.39. The molecule has 0 spiro atoms. The van der Waals surface area contributed by atoms with Crippen molar-refractivity contribution in [2.24, 2.45) is 5.41 Å². The topological polar surface area (TPSA) is 26.7 Å². The average molecular weight is 252 g/mol. The van der Waals surface area contributed by atoms with Crippen molar-refractivity contribution >= 4 is 0 Å². The maximum Gasteiger partial charge on any atom is 0.0695 e. The van der Waals surface area contributed by atoms with Crippen LogP contribution in [0.3, 0.4) is 0 Å². The number of aliphatic hydroxyl groups excluding tert-OH is 1. The zero-order valence-electron chi connectivity index (χ0n) is 11.9. The summed E-state index contributed by atoms with van der Waals surface area (Å²) in [6, 6.07) is 1.31. The van der Waals surface area contributed by atoms with Crippen LogP contribution in [0, 0.1) is 5.41 Å². The minimum absolute atomic E-state index is 0.0921. The Bertz CT molecular complexity index is 293. The van der Waals surface area contributed by atoms with Crippen LogP contribution in [0.2, 0.25) is 0 Å². The van der Waals surface area contributed by atoms with E-state index < -0.39 is 0 Å². The van der Waals surface area contributed by atoms with Crippen molar-refractivity contribution in [1.82, 2.24) is 9.80 Å². The fourth-order valence-corrected chi connectivity index (χ4v) is 3.78. The van der Waals surface area contributed by atoms with Gasteiger partial charge in [-0.2, -0.15) is 0 Å². The Balaban J connectivity index is 1.57. The van der Waals surface area contributed by atoms with E-state index in [-0.39, 0.29) is 6.10 Å². The molecule has 0 aromatic heterocycles. The lowest BCUT2D eigenvalue weighted by Crippen LogP contribution is -2.56. The Hall–Kier alpha value is -0.120. The van der Waals surface area contributed by atoms with Crippen LogP contribution in [0.4, 0.5) is 0 Å². The number of aliphatic hydroxyl groups is 1. The molecule has 1 heterocycles. The van der Waals surface area contributed by atoms with Crippen molar-refractivity contribution in [3.63, 3.8) is 0 Å². The molecule has 104 valence electrons. The smallest absolute Gasteiger partial charge is 0.0695 e. The lowest BCUT2D eigenvalue weighted by molar-refractivity contribution is -0.0346. The summed E-state index contributed by atoms with van der Waals surface area (Å²) in [5.41, 5.74) is 0.414. The fraction of sp³-hybridized carbons (Fsp3) is 1.00. The zero-order valence-corrected chi connectivity index (χ0v) is 11.9. The van der Waals surface area contributed by atoms with Crippen molar-refractivity contribution in [3.8, 4) is 0 Å². The van der Waals surface area contributed by atoms with E-state index in [1.807, 2.05) is 0 Å². The van der Waals surface area contributed by atoms with E-state index in [1.165, 1.54) is 32.4 Å². The van der Waals surface area contributed by atoms with Gasteiger partial charge in [-0.3, -0.25) is 9.80 Å². The molecule has 3 rings (SSSR count). The van der Waals surface area contributed by atoms with E-state index in [0.717, 1.165) is 32.0 Å². The molecule has 0 radical (unpaired) electrons. The number of hydrogen-bond donors (Lipinski definition) is 1. The molecule has 2 aliphatic carbocycles. The normalized spacial score (nSPS) is 38.8. The van der Waals surface area contributed by atoms with E-state index in [0.29, 0.717) is 11.5 Å². The first kappa shape index (κ1) is 12.9. The predicted molar refractivity (Wildman–Crippen MR) is 73.6 cm³/mol. The van der Waals surface area contributed by atoms with Crippen LogP contribution in [0.15, 0.2) is 0 Å². The van der Waals surface area contributed by atoms with Crippen molar-refractivity contribution in [2.45, 2.75) is 64.1 Å². The van der Waals surface area contributed by atoms with Crippen molar-refractivity contribution < 1.29 is 5.11 Å². The Labute approximate surface area is 111 Å². The molecule has 2 unspecified atom stereocenters. The van der Waals surface area contributed by atoms with Gasteiger partial charge in [0.1, 0.15) is 0 Å². The SMILES string of the molecule is CC1(C)CCC(O)C(N2CCN(C3CC3)CC2)C1. The molecule has 3 heteroatoms. The third-order valence-corrected chi connectivity index (χ3v) is 5.20. The lowest BCUT2D eigenvalue weighted by Gasteiger charge is -2.47. The quantitative estimate of drug-likeness (QED) is 0.810. The third-order valence-electron chi connectivity index (χ3n) is 5.20. The second-order valence-corrected chi connectivity index (χ2v) is 7.34. The number of piperazine rings is 1. The van der Waals surface area contributed by atoms with Crippen LogP contribution in [0.25, 0.3) is 0 Å². The fourth-order valence-electron chi connectivity index (χ4n) is 3.78. The number of rotatable bonds is 2. The first-order valence-electron chi connectivity index (χ1n) is 7.71.